The topological polar surface area (TPSA) is 305 Å². The maximum atomic E-state index is 12.8. The van der Waals surface area contributed by atoms with Crippen LogP contribution in [0.3, 0.4) is 0 Å². The van der Waals surface area contributed by atoms with Crippen LogP contribution in [0.5, 0.6) is 11.5 Å². The first kappa shape index (κ1) is 70.6. The number of esters is 8. The number of carbonyl (C=O) groups excluding carboxylic acids is 8. The summed E-state index contributed by atoms with van der Waals surface area (Å²) in [6.45, 7) is 12.8. The lowest BCUT2D eigenvalue weighted by molar-refractivity contribution is -0.288. The molecular formula is C72H82N4O20. The first-order valence-electron chi connectivity index (χ1n) is 32.4. The van der Waals surface area contributed by atoms with Gasteiger partial charge in [-0.2, -0.15) is 0 Å². The Morgan fingerprint density at radius 1 is 0.396 bits per heavy atom. The molecule has 0 amide bonds. The molecule has 0 saturated carbocycles. The molecule has 24 nitrogen and oxygen atoms in total. The van der Waals surface area contributed by atoms with E-state index in [0.29, 0.717) is 57.5 Å². The summed E-state index contributed by atoms with van der Waals surface area (Å²) < 4.78 is 70.7. The first-order chi connectivity index (χ1) is 46.1. The third kappa shape index (κ3) is 18.0. The second kappa shape index (κ2) is 32.6. The maximum Gasteiger partial charge on any atom is 0.303 e. The van der Waals surface area contributed by atoms with Crippen LogP contribution in [0.2, 0.25) is 0 Å². The lowest BCUT2D eigenvalue weighted by Gasteiger charge is -2.43. The minimum absolute atomic E-state index is 0.232. The van der Waals surface area contributed by atoms with Crippen molar-refractivity contribution >= 4 is 94.1 Å². The fourth-order valence-corrected chi connectivity index (χ4v) is 12.2. The second-order valence-electron chi connectivity index (χ2n) is 23.8. The highest BCUT2D eigenvalue weighted by atomic mass is 16.7. The van der Waals surface area contributed by atoms with Gasteiger partial charge in [-0.05, 0) is 110 Å². The van der Waals surface area contributed by atoms with Crippen molar-refractivity contribution < 1.29 is 95.2 Å². The number of aryl methyl sites for hydroxylation is 2. The molecule has 0 spiro atoms. The van der Waals surface area contributed by atoms with Gasteiger partial charge in [0.2, 0.25) is 24.8 Å². The average molecular weight is 1320 g/mol. The molecule has 4 aliphatic heterocycles. The Morgan fingerprint density at radius 3 is 1.09 bits per heavy atom. The largest absolute Gasteiger partial charge is 0.463 e. The van der Waals surface area contributed by atoms with Crippen LogP contribution in [-0.2, 0) is 98.6 Å². The highest BCUT2D eigenvalue weighted by Crippen LogP contribution is 2.40. The fourth-order valence-electron chi connectivity index (χ4n) is 12.2. The zero-order valence-corrected chi connectivity index (χ0v) is 55.6. The zero-order valence-electron chi connectivity index (χ0n) is 55.6. The quantitative estimate of drug-likeness (QED) is 0.0289. The average Bonchev–Trinajstić information content (AvgIpc) is 0.983. The molecule has 510 valence electrons. The van der Waals surface area contributed by atoms with Crippen molar-refractivity contribution in [3.63, 3.8) is 0 Å². The van der Waals surface area contributed by atoms with Gasteiger partial charge in [0.05, 0.1) is 22.8 Å². The van der Waals surface area contributed by atoms with Crippen molar-refractivity contribution in [1.29, 1.82) is 0 Å². The van der Waals surface area contributed by atoms with E-state index >= 15 is 0 Å². The van der Waals surface area contributed by atoms with Gasteiger partial charge < -0.3 is 66.8 Å². The SMILES string of the molecule is CCCCCCc1c2nc(c(-c3cccc(O[C@@H]4OC(COC(C)=O)[C@@H](OC(C)=O)C(OC(C)=O)C4OC(C)=O)c3)c3ccc([nH]3)c(CCCCCC)c3nc(c(-c4cccc(OC5O[C@H](COC(C)=O)C(OC(C)=O)C(OC(C)=O)[C@H]5OC(C)=O)c4)c4ccc1[nH]4)C=C3)C=C2. The van der Waals surface area contributed by atoms with Gasteiger partial charge in [0, 0.05) is 99.7 Å². The summed E-state index contributed by atoms with van der Waals surface area (Å²) in [6.07, 6.45) is 2.89. The molecule has 0 aliphatic carbocycles. The monoisotopic (exact) mass is 1320 g/mol. The molecule has 24 heteroatoms. The Hall–Kier alpha value is -9.68. The van der Waals surface area contributed by atoms with Gasteiger partial charge in [-0.1, -0.05) is 76.6 Å². The van der Waals surface area contributed by atoms with E-state index in [9.17, 15) is 38.4 Å². The summed E-state index contributed by atoms with van der Waals surface area (Å²) >= 11 is 0. The standard InChI is InChI=1S/C72H82N4O20/c1-11-13-15-17-25-51-53-27-31-57(73-53)63(47-21-19-23-49(35-47)93-71-69(91-45(9)83)67(89-43(7)81)65(87-41(5)79)61(95-71)37-85-39(3)77)59-33-29-55(75-59)52(26-18-16-14-12-2)56-30-34-60(76-56)64(58-32-28-54(51)74-58)48-22-20-24-50(36-48)94-72-70(92-46(10)84)68(90-44(8)82)66(88-42(6)80)62(96-72)38-86-40(4)78/h19-24,27-36,61-62,65-73,76H,11-18,25-26,37-38H2,1-10H3/t61-,62?,65?,66-,67?,68?,69-,70?,71?,72-/m1/s1. The van der Waals surface area contributed by atoms with Crippen molar-refractivity contribution in [2.24, 2.45) is 0 Å². The summed E-state index contributed by atoms with van der Waals surface area (Å²) in [5, 5.41) is 0. The van der Waals surface area contributed by atoms with Crippen LogP contribution in [0, 0.1) is 0 Å². The van der Waals surface area contributed by atoms with E-state index in [-0.39, 0.29) is 11.5 Å². The lowest BCUT2D eigenvalue weighted by atomic mass is 9.98. The van der Waals surface area contributed by atoms with Crippen LogP contribution in [0.4, 0.5) is 0 Å². The number of benzene rings is 2. The van der Waals surface area contributed by atoms with Gasteiger partial charge in [-0.3, -0.25) is 38.4 Å². The van der Waals surface area contributed by atoms with Crippen LogP contribution >= 0.6 is 0 Å². The second-order valence-corrected chi connectivity index (χ2v) is 23.8. The number of hydrogen-bond acceptors (Lipinski definition) is 22. The van der Waals surface area contributed by atoms with Crippen molar-refractivity contribution in [3.8, 4) is 33.8 Å². The number of aromatic amines is 2. The van der Waals surface area contributed by atoms with Crippen molar-refractivity contribution in [1.82, 2.24) is 19.9 Å². The van der Waals surface area contributed by atoms with E-state index in [0.717, 1.165) is 126 Å². The number of ether oxygens (including phenoxy) is 12. The van der Waals surface area contributed by atoms with Crippen LogP contribution in [0.1, 0.15) is 155 Å². The smallest absolute Gasteiger partial charge is 0.303 e. The number of hydrogen-bond donors (Lipinski definition) is 2. The predicted molar refractivity (Wildman–Crippen MR) is 351 cm³/mol. The molecule has 3 aromatic heterocycles. The van der Waals surface area contributed by atoms with Gasteiger partial charge in [-0.15, -0.1) is 0 Å². The van der Waals surface area contributed by atoms with E-state index in [4.69, 9.17) is 66.8 Å². The van der Waals surface area contributed by atoms with Crippen molar-refractivity contribution in [2.75, 3.05) is 13.2 Å². The number of unbranched alkanes of at least 4 members (excludes halogenated alkanes) is 6. The number of nitrogens with zero attached hydrogens (tertiary/aromatic N) is 2. The highest BCUT2D eigenvalue weighted by Gasteiger charge is 2.55. The Kier molecular flexibility index (Phi) is 24.0. The molecule has 8 bridgehead atoms. The number of nitrogens with one attached hydrogen (secondary N) is 2. The van der Waals surface area contributed by atoms with Crippen LogP contribution < -0.4 is 9.47 Å². The number of fused-ring (bicyclic) bond motifs is 8. The maximum absolute atomic E-state index is 12.8. The zero-order chi connectivity index (χ0) is 68.7. The molecule has 2 N–H and O–H groups in total. The minimum atomic E-state index is -1.50. The molecule has 7 heterocycles. The van der Waals surface area contributed by atoms with Crippen molar-refractivity contribution in [2.45, 2.75) is 195 Å². The summed E-state index contributed by atoms with van der Waals surface area (Å²) in [5.41, 5.74) is 10.3. The predicted octanol–water partition coefficient (Wildman–Crippen LogP) is 11.2. The molecule has 96 heavy (non-hydrogen) atoms. The molecular weight excluding hydrogens is 1240 g/mol. The van der Waals surface area contributed by atoms with Gasteiger partial charge in [0.25, 0.3) is 0 Å². The molecule has 9 rings (SSSR count). The van der Waals surface area contributed by atoms with E-state index in [1.807, 2.05) is 60.7 Å². The minimum Gasteiger partial charge on any atom is -0.463 e. The fraction of sp³-hybridized carbons (Fsp3) is 0.444. The molecule has 2 aromatic carbocycles. The van der Waals surface area contributed by atoms with Crippen LogP contribution in [0.25, 0.3) is 68.6 Å². The Morgan fingerprint density at radius 2 is 0.740 bits per heavy atom. The molecule has 6 unspecified atom stereocenters. The molecule has 10 atom stereocenters. The third-order valence-electron chi connectivity index (χ3n) is 16.2. The van der Waals surface area contributed by atoms with Gasteiger partial charge in [0.1, 0.15) is 36.9 Å². The third-order valence-corrected chi connectivity index (χ3v) is 16.2. The molecule has 2 saturated heterocycles. The Labute approximate surface area is 555 Å². The Bertz CT molecular complexity index is 3690. The molecule has 0 radical (unpaired) electrons. The molecule has 5 aromatic rings. The number of rotatable bonds is 26. The Balaban J connectivity index is 1.21. The summed E-state index contributed by atoms with van der Waals surface area (Å²) in [6, 6.07) is 22.4. The first-order valence-corrected chi connectivity index (χ1v) is 32.4. The highest BCUT2D eigenvalue weighted by molar-refractivity contribution is 5.95. The number of aromatic nitrogens is 4. The normalized spacial score (nSPS) is 21.1. The summed E-state index contributed by atoms with van der Waals surface area (Å²) in [5.74, 6) is -5.50. The number of carbonyl (C=O) groups is 8. The lowest BCUT2D eigenvalue weighted by Crippen LogP contribution is -2.63. The van der Waals surface area contributed by atoms with E-state index in [1.54, 1.807) is 36.4 Å². The van der Waals surface area contributed by atoms with Gasteiger partial charge in [0.15, 0.2) is 24.4 Å². The van der Waals surface area contributed by atoms with Crippen molar-refractivity contribution in [3.05, 3.63) is 107 Å². The van der Waals surface area contributed by atoms with E-state index < -0.39 is 122 Å². The summed E-state index contributed by atoms with van der Waals surface area (Å²) in [4.78, 5) is 119. The van der Waals surface area contributed by atoms with Gasteiger partial charge in [-0.25, -0.2) is 9.97 Å². The van der Waals surface area contributed by atoms with Crippen LogP contribution in [-0.4, -0.2) is 142 Å². The summed E-state index contributed by atoms with van der Waals surface area (Å²) in [7, 11) is 0. The van der Waals surface area contributed by atoms with E-state index in [2.05, 4.69) is 23.8 Å². The molecule has 4 aliphatic rings. The van der Waals surface area contributed by atoms with Crippen LogP contribution in [0.15, 0.2) is 72.8 Å². The number of H-pyrrole nitrogens is 2. The van der Waals surface area contributed by atoms with Gasteiger partial charge >= 0.3 is 47.8 Å². The molecule has 2 fully saturated rings. The van der Waals surface area contributed by atoms with E-state index in [1.165, 1.54) is 13.8 Å².